The standard InChI is InChI=1S/C4H6O6.2C4H6O2.C2H6O2/c5-1(3(7)8)2(6)4(9)10;2*1-3(2)4(5)6;3-1-2-4/h1-2,5-6H,(H,7,8)(H,9,10);2*1H2,2H3,(H,5,6);3-4H,1-2H2. The summed E-state index contributed by atoms with van der Waals surface area (Å²) in [5.74, 6) is -5.41. The molecule has 12 heteroatoms. The third-order valence-electron chi connectivity index (χ3n) is 1.64. The van der Waals surface area contributed by atoms with E-state index in [1.165, 1.54) is 13.8 Å². The Morgan fingerprint density at radius 1 is 0.692 bits per heavy atom. The summed E-state index contributed by atoms with van der Waals surface area (Å²) in [4.78, 5) is 38.7. The first-order chi connectivity index (χ1) is 11.7. The van der Waals surface area contributed by atoms with Gasteiger partial charge >= 0.3 is 23.9 Å². The van der Waals surface area contributed by atoms with Gasteiger partial charge in [-0.05, 0) is 13.8 Å². The molecule has 0 saturated carbocycles. The molecule has 0 aromatic heterocycles. The van der Waals surface area contributed by atoms with Gasteiger partial charge in [-0.1, -0.05) is 13.2 Å². The molecule has 0 heterocycles. The summed E-state index contributed by atoms with van der Waals surface area (Å²) >= 11 is 0. The zero-order chi connectivity index (χ0) is 22.0. The summed E-state index contributed by atoms with van der Waals surface area (Å²) in [5.41, 5.74) is 0.352. The summed E-state index contributed by atoms with van der Waals surface area (Å²) in [6.45, 7) is 8.95. The van der Waals surface area contributed by atoms with E-state index in [-0.39, 0.29) is 24.4 Å². The molecule has 2 unspecified atom stereocenters. The summed E-state index contributed by atoms with van der Waals surface area (Å²) in [6, 6.07) is 0. The minimum absolute atomic E-state index is 0.125. The van der Waals surface area contributed by atoms with Crippen LogP contribution in [0.15, 0.2) is 24.3 Å². The van der Waals surface area contributed by atoms with Gasteiger partial charge in [-0.25, -0.2) is 19.2 Å². The highest BCUT2D eigenvalue weighted by Gasteiger charge is 2.29. The molecule has 0 fully saturated rings. The molecule has 0 aromatic rings. The normalized spacial score (nSPS) is 10.7. The summed E-state index contributed by atoms with van der Waals surface area (Å²) in [6.07, 6.45) is -4.53. The lowest BCUT2D eigenvalue weighted by Crippen LogP contribution is -2.39. The Morgan fingerprint density at radius 2 is 0.846 bits per heavy atom. The van der Waals surface area contributed by atoms with Crippen LogP contribution in [0, 0.1) is 0 Å². The minimum Gasteiger partial charge on any atom is -0.479 e. The van der Waals surface area contributed by atoms with Crippen LogP contribution in [-0.2, 0) is 19.2 Å². The van der Waals surface area contributed by atoms with Gasteiger partial charge in [0.05, 0.1) is 13.2 Å². The second-order valence-electron chi connectivity index (χ2n) is 4.18. The van der Waals surface area contributed by atoms with Gasteiger partial charge in [0, 0.05) is 11.1 Å². The van der Waals surface area contributed by atoms with E-state index in [4.69, 9.17) is 40.9 Å². The Kier molecular flexibility index (Phi) is 22.1. The lowest BCUT2D eigenvalue weighted by atomic mass is 10.2. The SMILES string of the molecule is C=C(C)C(=O)O.C=C(C)C(=O)O.O=C(O)C(O)C(O)C(=O)O.OCCO. The first kappa shape index (κ1) is 31.0. The van der Waals surface area contributed by atoms with E-state index in [1.54, 1.807) is 0 Å². The van der Waals surface area contributed by atoms with Gasteiger partial charge in [0.15, 0.2) is 12.2 Å². The maximum absolute atomic E-state index is 9.77. The zero-order valence-electron chi connectivity index (χ0n) is 14.2. The minimum atomic E-state index is -2.27. The van der Waals surface area contributed by atoms with Crippen molar-refractivity contribution in [1.29, 1.82) is 0 Å². The number of carboxylic acid groups (broad SMARTS) is 4. The molecule has 0 radical (unpaired) electrons. The fourth-order valence-electron chi connectivity index (χ4n) is 0.270. The molecule has 8 N–H and O–H groups in total. The van der Waals surface area contributed by atoms with E-state index in [9.17, 15) is 19.2 Å². The quantitative estimate of drug-likeness (QED) is 0.236. The van der Waals surface area contributed by atoms with Gasteiger partial charge in [-0.15, -0.1) is 0 Å². The van der Waals surface area contributed by atoms with Crippen LogP contribution in [0.4, 0.5) is 0 Å². The van der Waals surface area contributed by atoms with Gasteiger partial charge in [0.25, 0.3) is 0 Å². The van der Waals surface area contributed by atoms with Crippen LogP contribution in [0.25, 0.3) is 0 Å². The van der Waals surface area contributed by atoms with Gasteiger partial charge in [0.1, 0.15) is 0 Å². The number of aliphatic hydroxyl groups excluding tert-OH is 4. The molecule has 0 saturated heterocycles. The number of carboxylic acids is 4. The van der Waals surface area contributed by atoms with E-state index in [0.29, 0.717) is 0 Å². The van der Waals surface area contributed by atoms with Crippen molar-refractivity contribution in [2.75, 3.05) is 13.2 Å². The first-order valence-electron chi connectivity index (χ1n) is 6.48. The molecule has 0 aliphatic rings. The number of carbonyl (C=O) groups is 4. The summed E-state index contributed by atoms with van der Waals surface area (Å²) in [5, 5.41) is 63.6. The molecule has 152 valence electrons. The first-order valence-corrected chi connectivity index (χ1v) is 6.48. The third kappa shape index (κ3) is 26.1. The maximum Gasteiger partial charge on any atom is 0.335 e. The lowest BCUT2D eigenvalue weighted by molar-refractivity contribution is -0.165. The molecule has 0 aromatic carbocycles. The number of aliphatic hydroxyl groups is 4. The van der Waals surface area contributed by atoms with Gasteiger partial charge in [-0.3, -0.25) is 0 Å². The van der Waals surface area contributed by atoms with Crippen LogP contribution >= 0.6 is 0 Å². The van der Waals surface area contributed by atoms with E-state index in [0.717, 1.165) is 0 Å². The number of rotatable bonds is 6. The van der Waals surface area contributed by atoms with E-state index in [2.05, 4.69) is 13.2 Å². The molecule has 0 aliphatic carbocycles. The Balaban J connectivity index is -0.000000132. The van der Waals surface area contributed by atoms with E-state index in [1.807, 2.05) is 0 Å². The van der Waals surface area contributed by atoms with Crippen LogP contribution in [-0.4, -0.2) is 90.2 Å². The molecule has 2 atom stereocenters. The Hall–Kier alpha value is -2.80. The average molecular weight is 384 g/mol. The smallest absolute Gasteiger partial charge is 0.335 e. The van der Waals surface area contributed by atoms with Gasteiger partial charge < -0.3 is 40.9 Å². The van der Waals surface area contributed by atoms with Gasteiger partial charge in [-0.2, -0.15) is 0 Å². The van der Waals surface area contributed by atoms with Crippen LogP contribution in [0.5, 0.6) is 0 Å². The van der Waals surface area contributed by atoms with Gasteiger partial charge in [0.2, 0.25) is 0 Å². The Bertz CT molecular complexity index is 414. The molecule has 0 rings (SSSR count). The highest BCUT2D eigenvalue weighted by Crippen LogP contribution is 1.92. The Labute approximate surface area is 148 Å². The van der Waals surface area contributed by atoms with Crippen molar-refractivity contribution in [3.8, 4) is 0 Å². The fourth-order valence-corrected chi connectivity index (χ4v) is 0.270. The second-order valence-corrected chi connectivity index (χ2v) is 4.18. The van der Waals surface area contributed by atoms with Crippen molar-refractivity contribution in [2.45, 2.75) is 26.1 Å². The van der Waals surface area contributed by atoms with Crippen molar-refractivity contribution < 1.29 is 60.0 Å². The fraction of sp³-hybridized carbons (Fsp3) is 0.429. The monoisotopic (exact) mass is 384 g/mol. The summed E-state index contributed by atoms with van der Waals surface area (Å²) in [7, 11) is 0. The molecule has 0 aliphatic heterocycles. The van der Waals surface area contributed by atoms with Crippen molar-refractivity contribution in [1.82, 2.24) is 0 Å². The molecular weight excluding hydrogens is 360 g/mol. The average Bonchev–Trinajstić information content (AvgIpc) is 2.54. The third-order valence-corrected chi connectivity index (χ3v) is 1.64. The lowest BCUT2D eigenvalue weighted by Gasteiger charge is -2.07. The molecule has 0 spiro atoms. The van der Waals surface area contributed by atoms with Crippen molar-refractivity contribution in [3.05, 3.63) is 24.3 Å². The number of hydrogen-bond acceptors (Lipinski definition) is 8. The molecule has 26 heavy (non-hydrogen) atoms. The number of aliphatic carboxylic acids is 4. The maximum atomic E-state index is 9.77. The van der Waals surface area contributed by atoms with Crippen molar-refractivity contribution in [3.63, 3.8) is 0 Å². The highest BCUT2D eigenvalue weighted by molar-refractivity contribution is 5.85. The largest absolute Gasteiger partial charge is 0.479 e. The van der Waals surface area contributed by atoms with E-state index < -0.39 is 36.1 Å². The highest BCUT2D eigenvalue weighted by atomic mass is 16.4. The molecular formula is C14H24O12. The van der Waals surface area contributed by atoms with Crippen molar-refractivity contribution >= 4 is 23.9 Å². The van der Waals surface area contributed by atoms with E-state index >= 15 is 0 Å². The predicted molar refractivity (Wildman–Crippen MR) is 86.4 cm³/mol. The topological polar surface area (TPSA) is 230 Å². The predicted octanol–water partition coefficient (Wildman–Crippen LogP) is -1.86. The second kappa shape index (κ2) is 18.5. The molecule has 12 nitrogen and oxygen atoms in total. The molecule has 0 bridgehead atoms. The Morgan fingerprint density at radius 3 is 0.885 bits per heavy atom. The van der Waals surface area contributed by atoms with Crippen LogP contribution < -0.4 is 0 Å². The van der Waals surface area contributed by atoms with Crippen LogP contribution in [0.3, 0.4) is 0 Å². The number of hydrogen-bond donors (Lipinski definition) is 8. The zero-order valence-corrected chi connectivity index (χ0v) is 14.2. The van der Waals surface area contributed by atoms with Crippen LogP contribution in [0.1, 0.15) is 13.8 Å². The molecule has 0 amide bonds. The summed E-state index contributed by atoms with van der Waals surface area (Å²) < 4.78 is 0. The van der Waals surface area contributed by atoms with Crippen LogP contribution in [0.2, 0.25) is 0 Å². The van der Waals surface area contributed by atoms with Crippen molar-refractivity contribution in [2.24, 2.45) is 0 Å².